The van der Waals surface area contributed by atoms with Crippen LogP contribution in [-0.2, 0) is 9.53 Å². The van der Waals surface area contributed by atoms with Crippen LogP contribution in [0.3, 0.4) is 0 Å². The van der Waals surface area contributed by atoms with Crippen molar-refractivity contribution in [3.8, 4) is 0 Å². The predicted molar refractivity (Wildman–Crippen MR) is 69.8 cm³/mol. The van der Waals surface area contributed by atoms with Crippen LogP contribution >= 0.6 is 0 Å². The van der Waals surface area contributed by atoms with E-state index >= 15 is 0 Å². The lowest BCUT2D eigenvalue weighted by molar-refractivity contribution is -0.144. The molecule has 0 radical (unpaired) electrons. The van der Waals surface area contributed by atoms with E-state index in [1.54, 1.807) is 0 Å². The Kier molecular flexibility index (Phi) is 5.96. The van der Waals surface area contributed by atoms with Crippen molar-refractivity contribution in [3.63, 3.8) is 0 Å². The minimum atomic E-state index is -0.155. The van der Waals surface area contributed by atoms with Crippen LogP contribution in [0.2, 0.25) is 0 Å². The number of hydrogen-bond acceptors (Lipinski definition) is 3. The maximum absolute atomic E-state index is 11.6. The van der Waals surface area contributed by atoms with E-state index in [9.17, 15) is 4.79 Å². The molecule has 1 saturated carbocycles. The van der Waals surface area contributed by atoms with E-state index in [0.717, 1.165) is 18.4 Å². The number of esters is 1. The molecule has 1 aliphatic rings. The van der Waals surface area contributed by atoms with E-state index < -0.39 is 0 Å². The monoisotopic (exact) mass is 241 g/mol. The van der Waals surface area contributed by atoms with Gasteiger partial charge in [0.2, 0.25) is 0 Å². The Morgan fingerprint density at radius 3 is 2.65 bits per heavy atom. The SMILES string of the molecule is COC(=O)[C@@H](NCC1CCCC(C)C1)C(C)C. The number of carbonyl (C=O) groups excluding carboxylic acids is 1. The van der Waals surface area contributed by atoms with Gasteiger partial charge in [-0.2, -0.15) is 0 Å². The van der Waals surface area contributed by atoms with Gasteiger partial charge in [-0.15, -0.1) is 0 Å². The minimum Gasteiger partial charge on any atom is -0.468 e. The molecular formula is C14H27NO2. The Hall–Kier alpha value is -0.570. The van der Waals surface area contributed by atoms with Crippen LogP contribution in [0.25, 0.3) is 0 Å². The number of methoxy groups -OCH3 is 1. The molecule has 17 heavy (non-hydrogen) atoms. The van der Waals surface area contributed by atoms with Crippen molar-refractivity contribution in [2.75, 3.05) is 13.7 Å². The van der Waals surface area contributed by atoms with Crippen LogP contribution < -0.4 is 5.32 Å². The summed E-state index contributed by atoms with van der Waals surface area (Å²) in [6, 6.07) is -0.155. The van der Waals surface area contributed by atoms with E-state index in [1.165, 1.54) is 32.8 Å². The Morgan fingerprint density at radius 2 is 2.12 bits per heavy atom. The van der Waals surface area contributed by atoms with Gasteiger partial charge in [0.05, 0.1) is 7.11 Å². The first kappa shape index (κ1) is 14.5. The number of nitrogens with one attached hydrogen (secondary N) is 1. The fraction of sp³-hybridized carbons (Fsp3) is 0.929. The van der Waals surface area contributed by atoms with Crippen molar-refractivity contribution in [1.29, 1.82) is 0 Å². The Bertz CT molecular complexity index is 240. The van der Waals surface area contributed by atoms with E-state index in [4.69, 9.17) is 4.74 Å². The third kappa shape index (κ3) is 4.66. The summed E-state index contributed by atoms with van der Waals surface area (Å²) in [6.45, 7) is 7.38. The zero-order valence-corrected chi connectivity index (χ0v) is 11.7. The fourth-order valence-electron chi connectivity index (χ4n) is 2.76. The maximum atomic E-state index is 11.6. The molecule has 2 unspecified atom stereocenters. The van der Waals surface area contributed by atoms with Gasteiger partial charge < -0.3 is 10.1 Å². The lowest BCUT2D eigenvalue weighted by Crippen LogP contribution is -2.44. The number of ether oxygens (including phenoxy) is 1. The molecule has 1 N–H and O–H groups in total. The molecule has 0 heterocycles. The molecule has 0 bridgehead atoms. The van der Waals surface area contributed by atoms with Gasteiger partial charge in [0.25, 0.3) is 0 Å². The second-order valence-corrected chi connectivity index (χ2v) is 5.79. The van der Waals surface area contributed by atoms with Gasteiger partial charge in [-0.3, -0.25) is 4.79 Å². The van der Waals surface area contributed by atoms with Crippen molar-refractivity contribution < 1.29 is 9.53 Å². The summed E-state index contributed by atoms with van der Waals surface area (Å²) in [5, 5.41) is 3.39. The Morgan fingerprint density at radius 1 is 1.41 bits per heavy atom. The fourth-order valence-corrected chi connectivity index (χ4v) is 2.76. The van der Waals surface area contributed by atoms with Crippen LogP contribution in [0.4, 0.5) is 0 Å². The molecule has 1 fully saturated rings. The highest BCUT2D eigenvalue weighted by Gasteiger charge is 2.25. The molecule has 0 amide bonds. The van der Waals surface area contributed by atoms with Gasteiger partial charge in [-0.1, -0.05) is 33.6 Å². The first-order valence-corrected chi connectivity index (χ1v) is 6.85. The van der Waals surface area contributed by atoms with Crippen LogP contribution in [0, 0.1) is 17.8 Å². The maximum Gasteiger partial charge on any atom is 0.323 e. The Balaban J connectivity index is 2.38. The van der Waals surface area contributed by atoms with Crippen molar-refractivity contribution in [1.82, 2.24) is 5.32 Å². The summed E-state index contributed by atoms with van der Waals surface area (Å²) < 4.78 is 4.83. The van der Waals surface area contributed by atoms with Gasteiger partial charge in [-0.25, -0.2) is 0 Å². The quantitative estimate of drug-likeness (QED) is 0.752. The zero-order valence-electron chi connectivity index (χ0n) is 11.7. The Labute approximate surface area is 105 Å². The van der Waals surface area contributed by atoms with Crippen molar-refractivity contribution in [2.24, 2.45) is 17.8 Å². The molecule has 0 spiro atoms. The summed E-state index contributed by atoms with van der Waals surface area (Å²) in [4.78, 5) is 11.6. The third-order valence-corrected chi connectivity index (χ3v) is 3.79. The second-order valence-electron chi connectivity index (χ2n) is 5.79. The highest BCUT2D eigenvalue weighted by molar-refractivity contribution is 5.75. The lowest BCUT2D eigenvalue weighted by Gasteiger charge is -2.29. The van der Waals surface area contributed by atoms with Gasteiger partial charge in [0.1, 0.15) is 6.04 Å². The lowest BCUT2D eigenvalue weighted by atomic mass is 9.82. The number of rotatable bonds is 5. The normalized spacial score (nSPS) is 26.9. The first-order valence-electron chi connectivity index (χ1n) is 6.85. The van der Waals surface area contributed by atoms with Crippen LogP contribution in [-0.4, -0.2) is 25.7 Å². The van der Waals surface area contributed by atoms with E-state index in [2.05, 4.69) is 26.1 Å². The molecule has 0 aliphatic heterocycles. The van der Waals surface area contributed by atoms with Crippen molar-refractivity contribution in [2.45, 2.75) is 52.5 Å². The molecule has 1 aliphatic carbocycles. The first-order chi connectivity index (χ1) is 8.04. The standard InChI is InChI=1S/C14H27NO2/c1-10(2)13(14(16)17-4)15-9-12-7-5-6-11(3)8-12/h10-13,15H,5-9H2,1-4H3/t11?,12?,13-/m0/s1. The van der Waals surface area contributed by atoms with E-state index in [0.29, 0.717) is 0 Å². The van der Waals surface area contributed by atoms with Crippen molar-refractivity contribution in [3.05, 3.63) is 0 Å². The molecule has 0 aromatic heterocycles. The van der Waals surface area contributed by atoms with Gasteiger partial charge in [-0.05, 0) is 37.1 Å². The van der Waals surface area contributed by atoms with Crippen molar-refractivity contribution >= 4 is 5.97 Å². The molecule has 3 nitrogen and oxygen atoms in total. The summed E-state index contributed by atoms with van der Waals surface area (Å²) in [5.41, 5.74) is 0. The molecule has 1 rings (SSSR count). The topological polar surface area (TPSA) is 38.3 Å². The highest BCUT2D eigenvalue weighted by Crippen LogP contribution is 2.28. The summed E-state index contributed by atoms with van der Waals surface area (Å²) in [5.74, 6) is 1.71. The van der Waals surface area contributed by atoms with E-state index in [1.807, 2.05) is 0 Å². The second kappa shape index (κ2) is 7.00. The average Bonchev–Trinajstić information content (AvgIpc) is 2.28. The molecule has 100 valence electrons. The minimum absolute atomic E-state index is 0.135. The highest BCUT2D eigenvalue weighted by atomic mass is 16.5. The molecule has 3 heteroatoms. The summed E-state index contributed by atoms with van der Waals surface area (Å²) >= 11 is 0. The molecule has 0 aromatic carbocycles. The molecule has 0 aromatic rings. The molecule has 3 atom stereocenters. The largest absolute Gasteiger partial charge is 0.468 e. The van der Waals surface area contributed by atoms with Gasteiger partial charge >= 0.3 is 5.97 Å². The average molecular weight is 241 g/mol. The van der Waals surface area contributed by atoms with E-state index in [-0.39, 0.29) is 17.9 Å². The third-order valence-electron chi connectivity index (χ3n) is 3.79. The van der Waals surface area contributed by atoms with Gasteiger partial charge in [0.15, 0.2) is 0 Å². The van der Waals surface area contributed by atoms with Crippen LogP contribution in [0.1, 0.15) is 46.5 Å². The molecule has 0 saturated heterocycles. The van der Waals surface area contributed by atoms with Gasteiger partial charge in [0, 0.05) is 0 Å². The predicted octanol–water partition coefficient (Wildman–Crippen LogP) is 2.60. The summed E-state index contributed by atoms with van der Waals surface area (Å²) in [7, 11) is 1.46. The smallest absolute Gasteiger partial charge is 0.323 e. The number of hydrogen-bond donors (Lipinski definition) is 1. The molecular weight excluding hydrogens is 214 g/mol. The van der Waals surface area contributed by atoms with Crippen LogP contribution in [0.5, 0.6) is 0 Å². The summed E-state index contributed by atoms with van der Waals surface area (Å²) in [6.07, 6.45) is 5.28. The number of carbonyl (C=O) groups is 1. The zero-order chi connectivity index (χ0) is 12.8. The van der Waals surface area contributed by atoms with Crippen LogP contribution in [0.15, 0.2) is 0 Å².